The number of nitrogens with zero attached hydrogens (tertiary/aromatic N) is 2. The Hall–Kier alpha value is -0.230. The first kappa shape index (κ1) is 9.33. The van der Waals surface area contributed by atoms with Crippen molar-refractivity contribution in [1.29, 1.82) is 0 Å². The molecule has 13 heavy (non-hydrogen) atoms. The van der Waals surface area contributed by atoms with Crippen molar-refractivity contribution in [2.24, 2.45) is 0 Å². The highest BCUT2D eigenvalue weighted by Gasteiger charge is 2.10. The number of hydrogen-bond acceptors (Lipinski definition) is 3. The van der Waals surface area contributed by atoms with E-state index >= 15 is 0 Å². The minimum atomic E-state index is 0.517. The summed E-state index contributed by atoms with van der Waals surface area (Å²) >= 11 is 3.59. The van der Waals surface area contributed by atoms with Gasteiger partial charge in [-0.3, -0.25) is 0 Å². The molecule has 0 unspecified atom stereocenters. The average Bonchev–Trinajstić information content (AvgIpc) is 2.53. The van der Waals surface area contributed by atoms with Gasteiger partial charge in [0.1, 0.15) is 11.0 Å². The Morgan fingerprint density at radius 1 is 1.23 bits per heavy atom. The maximum atomic E-state index is 4.33. The fraction of sp³-hybridized carbons (Fsp3) is 0.333. The van der Waals surface area contributed by atoms with Crippen LogP contribution < -0.4 is 0 Å². The summed E-state index contributed by atoms with van der Waals surface area (Å²) in [5, 5.41) is 0. The number of aromatic nitrogens is 2. The third-order valence-electron chi connectivity index (χ3n) is 2.02. The van der Waals surface area contributed by atoms with Crippen LogP contribution in [0.3, 0.4) is 0 Å². The molecule has 1 aromatic carbocycles. The molecule has 1 heterocycles. The number of halogens is 1. The first-order valence-electron chi connectivity index (χ1n) is 4.11. The van der Waals surface area contributed by atoms with Crippen LogP contribution in [0.4, 0.5) is 0 Å². The van der Waals surface area contributed by atoms with E-state index in [2.05, 4.69) is 57.3 Å². The van der Waals surface area contributed by atoms with Gasteiger partial charge in [-0.15, -0.1) is 0 Å². The Bertz CT molecular complexity index is 436. The topological polar surface area (TPSA) is 25.8 Å². The zero-order chi connectivity index (χ0) is 9.42. The van der Waals surface area contributed by atoms with E-state index in [0.29, 0.717) is 5.92 Å². The lowest BCUT2D eigenvalue weighted by atomic mass is 10.0. The molecule has 68 valence electrons. The van der Waals surface area contributed by atoms with Crippen molar-refractivity contribution in [2.75, 3.05) is 0 Å². The molecule has 2 aromatic rings. The van der Waals surface area contributed by atoms with E-state index < -0.39 is 0 Å². The van der Waals surface area contributed by atoms with Gasteiger partial charge in [0.05, 0.1) is 11.7 Å². The van der Waals surface area contributed by atoms with Crippen molar-refractivity contribution in [3.63, 3.8) is 0 Å². The van der Waals surface area contributed by atoms with Gasteiger partial charge in [-0.2, -0.15) is 8.75 Å². The Morgan fingerprint density at radius 2 is 1.92 bits per heavy atom. The first-order valence-corrected chi connectivity index (χ1v) is 5.91. The summed E-state index contributed by atoms with van der Waals surface area (Å²) in [5.74, 6) is 0.517. The molecular weight excluding hydrogens is 295 g/mol. The fourth-order valence-corrected chi connectivity index (χ4v) is 2.62. The lowest BCUT2D eigenvalue weighted by Crippen LogP contribution is -1.90. The Morgan fingerprint density at radius 3 is 2.62 bits per heavy atom. The average molecular weight is 304 g/mol. The summed E-state index contributed by atoms with van der Waals surface area (Å²) in [6, 6.07) is 4.26. The minimum absolute atomic E-state index is 0.517. The summed E-state index contributed by atoms with van der Waals surface area (Å²) in [5.41, 5.74) is 3.42. The van der Waals surface area contributed by atoms with E-state index in [1.165, 1.54) is 20.9 Å². The van der Waals surface area contributed by atoms with E-state index in [0.717, 1.165) is 11.0 Å². The Labute approximate surface area is 94.8 Å². The predicted octanol–water partition coefficient (Wildman–Crippen LogP) is 3.42. The monoisotopic (exact) mass is 304 g/mol. The van der Waals surface area contributed by atoms with Gasteiger partial charge >= 0.3 is 0 Å². The van der Waals surface area contributed by atoms with Crippen molar-refractivity contribution in [3.8, 4) is 0 Å². The molecule has 0 spiro atoms. The second-order valence-electron chi connectivity index (χ2n) is 3.25. The van der Waals surface area contributed by atoms with Crippen LogP contribution in [0.15, 0.2) is 12.1 Å². The molecule has 0 N–H and O–H groups in total. The molecule has 0 fully saturated rings. The molecule has 0 bridgehead atoms. The number of hydrogen-bond donors (Lipinski definition) is 0. The minimum Gasteiger partial charge on any atom is -0.173 e. The lowest BCUT2D eigenvalue weighted by Gasteiger charge is -2.05. The molecule has 1 aromatic heterocycles. The zero-order valence-electron chi connectivity index (χ0n) is 7.41. The van der Waals surface area contributed by atoms with E-state index in [-0.39, 0.29) is 0 Å². The molecule has 0 saturated heterocycles. The molecule has 0 amide bonds. The number of fused-ring (bicyclic) bond motifs is 1. The summed E-state index contributed by atoms with van der Waals surface area (Å²) in [4.78, 5) is 0. The van der Waals surface area contributed by atoms with Crippen molar-refractivity contribution in [3.05, 3.63) is 21.3 Å². The fourth-order valence-electron chi connectivity index (χ4n) is 1.32. The van der Waals surface area contributed by atoms with E-state index in [9.17, 15) is 0 Å². The van der Waals surface area contributed by atoms with Crippen molar-refractivity contribution in [2.45, 2.75) is 19.8 Å². The Balaban J connectivity index is 2.78. The van der Waals surface area contributed by atoms with E-state index in [1.807, 2.05) is 0 Å². The molecule has 2 nitrogen and oxygen atoms in total. The van der Waals surface area contributed by atoms with Gasteiger partial charge in [-0.05, 0) is 40.1 Å². The van der Waals surface area contributed by atoms with Crippen LogP contribution >= 0.6 is 34.3 Å². The number of rotatable bonds is 1. The molecule has 0 aliphatic rings. The zero-order valence-corrected chi connectivity index (χ0v) is 10.4. The Kier molecular flexibility index (Phi) is 2.51. The quantitative estimate of drug-likeness (QED) is 0.755. The molecule has 2 rings (SSSR count). The van der Waals surface area contributed by atoms with Crippen molar-refractivity contribution < 1.29 is 0 Å². The summed E-state index contributed by atoms with van der Waals surface area (Å²) in [7, 11) is 0. The second kappa shape index (κ2) is 3.49. The van der Waals surface area contributed by atoms with Crippen LogP contribution in [-0.2, 0) is 0 Å². The second-order valence-corrected chi connectivity index (χ2v) is 4.94. The van der Waals surface area contributed by atoms with Gasteiger partial charge < -0.3 is 0 Å². The van der Waals surface area contributed by atoms with Crippen LogP contribution in [0.25, 0.3) is 11.0 Å². The highest BCUT2D eigenvalue weighted by atomic mass is 127. The smallest absolute Gasteiger partial charge is 0.118 e. The van der Waals surface area contributed by atoms with Crippen LogP contribution in [0, 0.1) is 3.57 Å². The maximum Gasteiger partial charge on any atom is 0.118 e. The van der Waals surface area contributed by atoms with Crippen LogP contribution in [0.2, 0.25) is 0 Å². The van der Waals surface area contributed by atoms with Gasteiger partial charge in [0.2, 0.25) is 0 Å². The van der Waals surface area contributed by atoms with Crippen LogP contribution in [0.5, 0.6) is 0 Å². The normalized spacial score (nSPS) is 11.4. The molecular formula is C9H9IN2S. The molecule has 0 aliphatic carbocycles. The first-order chi connectivity index (χ1) is 6.20. The predicted molar refractivity (Wildman–Crippen MR) is 64.2 cm³/mol. The summed E-state index contributed by atoms with van der Waals surface area (Å²) in [6.07, 6.45) is 0. The van der Waals surface area contributed by atoms with Gasteiger partial charge in [0, 0.05) is 3.57 Å². The SMILES string of the molecule is CC(C)c1ccc(I)c2nsnc12. The molecule has 0 atom stereocenters. The third-order valence-corrected chi connectivity index (χ3v) is 3.42. The standard InChI is InChI=1S/C9H9IN2S/c1-5(2)6-3-4-7(10)9-8(6)11-13-12-9/h3-5H,1-2H3. The van der Waals surface area contributed by atoms with E-state index in [4.69, 9.17) is 0 Å². The van der Waals surface area contributed by atoms with E-state index in [1.54, 1.807) is 0 Å². The van der Waals surface area contributed by atoms with Crippen molar-refractivity contribution in [1.82, 2.24) is 8.75 Å². The highest BCUT2D eigenvalue weighted by molar-refractivity contribution is 14.1. The molecule has 0 saturated carbocycles. The largest absolute Gasteiger partial charge is 0.173 e. The molecule has 4 heteroatoms. The summed E-state index contributed by atoms with van der Waals surface area (Å²) < 4.78 is 9.80. The van der Waals surface area contributed by atoms with Crippen LogP contribution in [-0.4, -0.2) is 8.75 Å². The molecule has 0 aliphatic heterocycles. The third kappa shape index (κ3) is 1.57. The molecule has 0 radical (unpaired) electrons. The highest BCUT2D eigenvalue weighted by Crippen LogP contribution is 2.27. The summed E-state index contributed by atoms with van der Waals surface area (Å²) in [6.45, 7) is 4.36. The van der Waals surface area contributed by atoms with Gasteiger partial charge in [-0.1, -0.05) is 19.9 Å². The van der Waals surface area contributed by atoms with Gasteiger partial charge in [0.15, 0.2) is 0 Å². The lowest BCUT2D eigenvalue weighted by molar-refractivity contribution is 0.874. The van der Waals surface area contributed by atoms with Crippen molar-refractivity contribution >= 4 is 45.4 Å². The van der Waals surface area contributed by atoms with Crippen LogP contribution in [0.1, 0.15) is 25.3 Å². The van der Waals surface area contributed by atoms with Gasteiger partial charge in [-0.25, -0.2) is 0 Å². The van der Waals surface area contributed by atoms with Gasteiger partial charge in [0.25, 0.3) is 0 Å². The number of benzene rings is 1. The maximum absolute atomic E-state index is 4.33.